The molecule has 0 amide bonds. The lowest BCUT2D eigenvalue weighted by Gasteiger charge is -2.25. The van der Waals surface area contributed by atoms with E-state index in [4.69, 9.17) is 14.2 Å². The maximum Gasteiger partial charge on any atom is 0.264 e. The molecule has 128 valence electrons. The predicted octanol–water partition coefficient (Wildman–Crippen LogP) is 2.68. The Morgan fingerprint density at radius 3 is 2.33 bits per heavy atom. The highest BCUT2D eigenvalue weighted by molar-refractivity contribution is 7.92. The van der Waals surface area contributed by atoms with Crippen LogP contribution in [-0.2, 0) is 10.0 Å². The maximum absolute atomic E-state index is 12.9. The van der Waals surface area contributed by atoms with Gasteiger partial charge in [-0.3, -0.25) is 4.31 Å². The molecular weight excluding hydrogens is 330 g/mol. The standard InChI is InChI=1S/C17H19NO5S/c1-3-18(13-4-9-16-17(12-13)23-11-10-22-16)24(19,20)15-7-5-14(21-2)6-8-15/h4-9,12H,3,10-11H2,1-2H3. The van der Waals surface area contributed by atoms with Gasteiger partial charge in [0.05, 0.1) is 17.7 Å². The minimum Gasteiger partial charge on any atom is -0.497 e. The molecule has 0 aromatic heterocycles. The molecule has 0 spiro atoms. The highest BCUT2D eigenvalue weighted by Gasteiger charge is 2.25. The number of hydrogen-bond donors (Lipinski definition) is 0. The molecule has 3 rings (SSSR count). The van der Waals surface area contributed by atoms with E-state index in [1.807, 2.05) is 0 Å². The Kier molecular flexibility index (Phi) is 4.53. The molecule has 7 heteroatoms. The van der Waals surface area contributed by atoms with Gasteiger partial charge in [-0.1, -0.05) is 0 Å². The van der Waals surface area contributed by atoms with E-state index in [2.05, 4.69) is 0 Å². The minimum absolute atomic E-state index is 0.208. The zero-order chi connectivity index (χ0) is 17.2. The maximum atomic E-state index is 12.9. The summed E-state index contributed by atoms with van der Waals surface area (Å²) in [5.74, 6) is 1.79. The third-order valence-electron chi connectivity index (χ3n) is 3.75. The van der Waals surface area contributed by atoms with E-state index in [1.165, 1.54) is 23.5 Å². The van der Waals surface area contributed by atoms with Gasteiger partial charge in [0.15, 0.2) is 11.5 Å². The van der Waals surface area contributed by atoms with Crippen molar-refractivity contribution in [2.24, 2.45) is 0 Å². The summed E-state index contributed by atoms with van der Waals surface area (Å²) in [6, 6.07) is 11.5. The molecule has 6 nitrogen and oxygen atoms in total. The van der Waals surface area contributed by atoms with Gasteiger partial charge in [0.2, 0.25) is 0 Å². The molecule has 0 saturated heterocycles. The molecule has 1 aliphatic rings. The van der Waals surface area contributed by atoms with E-state index in [9.17, 15) is 8.42 Å². The highest BCUT2D eigenvalue weighted by atomic mass is 32.2. The molecular formula is C17H19NO5S. The second-order valence-corrected chi connectivity index (χ2v) is 7.04. The fraction of sp³-hybridized carbons (Fsp3) is 0.294. The monoisotopic (exact) mass is 349 g/mol. The second kappa shape index (κ2) is 6.60. The van der Waals surface area contributed by atoms with Gasteiger partial charge in [0, 0.05) is 12.6 Å². The van der Waals surface area contributed by atoms with Gasteiger partial charge in [-0.2, -0.15) is 0 Å². The van der Waals surface area contributed by atoms with Gasteiger partial charge in [0.1, 0.15) is 19.0 Å². The van der Waals surface area contributed by atoms with E-state index in [0.29, 0.717) is 42.7 Å². The van der Waals surface area contributed by atoms with E-state index < -0.39 is 10.0 Å². The van der Waals surface area contributed by atoms with Crippen LogP contribution in [-0.4, -0.2) is 35.3 Å². The van der Waals surface area contributed by atoms with Crippen LogP contribution in [0.25, 0.3) is 0 Å². The van der Waals surface area contributed by atoms with Crippen LogP contribution < -0.4 is 18.5 Å². The van der Waals surface area contributed by atoms with Crippen LogP contribution in [0.1, 0.15) is 6.92 Å². The summed E-state index contributed by atoms with van der Waals surface area (Å²) in [4.78, 5) is 0.208. The highest BCUT2D eigenvalue weighted by Crippen LogP contribution is 2.35. The predicted molar refractivity (Wildman–Crippen MR) is 90.6 cm³/mol. The Balaban J connectivity index is 1.97. The van der Waals surface area contributed by atoms with Gasteiger partial charge in [-0.15, -0.1) is 0 Å². The second-order valence-electron chi connectivity index (χ2n) is 5.17. The number of ether oxygens (including phenoxy) is 3. The molecule has 0 fully saturated rings. The van der Waals surface area contributed by atoms with Crippen molar-refractivity contribution in [1.82, 2.24) is 0 Å². The van der Waals surface area contributed by atoms with E-state index in [1.54, 1.807) is 37.3 Å². The molecule has 0 bridgehead atoms. The fourth-order valence-electron chi connectivity index (χ4n) is 2.55. The smallest absolute Gasteiger partial charge is 0.264 e. The van der Waals surface area contributed by atoms with Crippen LogP contribution in [0.3, 0.4) is 0 Å². The number of anilines is 1. The first-order chi connectivity index (χ1) is 11.6. The Morgan fingerprint density at radius 1 is 1.04 bits per heavy atom. The lowest BCUT2D eigenvalue weighted by atomic mass is 10.2. The average molecular weight is 349 g/mol. The van der Waals surface area contributed by atoms with Gasteiger partial charge >= 0.3 is 0 Å². The lowest BCUT2D eigenvalue weighted by molar-refractivity contribution is 0.171. The van der Waals surface area contributed by atoms with Crippen molar-refractivity contribution in [3.05, 3.63) is 42.5 Å². The summed E-state index contributed by atoms with van der Waals surface area (Å²) < 4.78 is 43.3. The number of methoxy groups -OCH3 is 1. The Labute approximate surface area is 141 Å². The first-order valence-electron chi connectivity index (χ1n) is 7.62. The molecule has 0 saturated carbocycles. The van der Waals surface area contributed by atoms with Gasteiger partial charge in [-0.05, 0) is 43.3 Å². The summed E-state index contributed by atoms with van der Waals surface area (Å²) in [7, 11) is -2.14. The number of nitrogens with zero attached hydrogens (tertiary/aromatic N) is 1. The van der Waals surface area contributed by atoms with Gasteiger partial charge < -0.3 is 14.2 Å². The van der Waals surface area contributed by atoms with Crippen molar-refractivity contribution >= 4 is 15.7 Å². The number of fused-ring (bicyclic) bond motifs is 1. The lowest BCUT2D eigenvalue weighted by Crippen LogP contribution is -2.31. The molecule has 0 atom stereocenters. The molecule has 0 unspecified atom stereocenters. The van der Waals surface area contributed by atoms with E-state index in [0.717, 1.165) is 0 Å². The molecule has 0 radical (unpaired) electrons. The third-order valence-corrected chi connectivity index (χ3v) is 5.67. The zero-order valence-electron chi connectivity index (χ0n) is 13.6. The molecule has 2 aromatic carbocycles. The third kappa shape index (κ3) is 2.99. The zero-order valence-corrected chi connectivity index (χ0v) is 14.4. The quantitative estimate of drug-likeness (QED) is 0.830. The van der Waals surface area contributed by atoms with Crippen LogP contribution >= 0.6 is 0 Å². The molecule has 24 heavy (non-hydrogen) atoms. The number of rotatable bonds is 5. The minimum atomic E-state index is -3.67. The fourth-order valence-corrected chi connectivity index (χ4v) is 4.02. The van der Waals surface area contributed by atoms with Gasteiger partial charge in [-0.25, -0.2) is 8.42 Å². The molecule has 0 aliphatic carbocycles. The first-order valence-corrected chi connectivity index (χ1v) is 9.06. The van der Waals surface area contributed by atoms with Crippen LogP contribution in [0.15, 0.2) is 47.4 Å². The Bertz CT molecular complexity index is 817. The molecule has 2 aromatic rings. The summed E-state index contributed by atoms with van der Waals surface area (Å²) in [5, 5.41) is 0. The van der Waals surface area contributed by atoms with Crippen LogP contribution in [0.4, 0.5) is 5.69 Å². The van der Waals surface area contributed by atoms with Crippen LogP contribution in [0, 0.1) is 0 Å². The van der Waals surface area contributed by atoms with Crippen molar-refractivity contribution in [3.63, 3.8) is 0 Å². The Hall–Kier alpha value is -2.41. The number of benzene rings is 2. The summed E-state index contributed by atoms with van der Waals surface area (Å²) >= 11 is 0. The van der Waals surface area contributed by atoms with Crippen molar-refractivity contribution in [2.45, 2.75) is 11.8 Å². The molecule has 0 N–H and O–H groups in total. The van der Waals surface area contributed by atoms with Crippen molar-refractivity contribution in [2.75, 3.05) is 31.2 Å². The van der Waals surface area contributed by atoms with Crippen LogP contribution in [0.5, 0.6) is 17.2 Å². The Morgan fingerprint density at radius 2 is 1.71 bits per heavy atom. The summed E-state index contributed by atoms with van der Waals surface area (Å²) in [6.45, 7) is 3.04. The van der Waals surface area contributed by atoms with Crippen LogP contribution in [0.2, 0.25) is 0 Å². The van der Waals surface area contributed by atoms with Gasteiger partial charge in [0.25, 0.3) is 10.0 Å². The average Bonchev–Trinajstić information content (AvgIpc) is 2.62. The molecule has 1 heterocycles. The first kappa shape index (κ1) is 16.4. The van der Waals surface area contributed by atoms with Crippen molar-refractivity contribution in [1.29, 1.82) is 0 Å². The van der Waals surface area contributed by atoms with Crippen molar-refractivity contribution < 1.29 is 22.6 Å². The normalized spacial score (nSPS) is 13.4. The summed E-state index contributed by atoms with van der Waals surface area (Å²) in [6.07, 6.45) is 0. The largest absolute Gasteiger partial charge is 0.497 e. The number of hydrogen-bond acceptors (Lipinski definition) is 5. The van der Waals surface area contributed by atoms with E-state index >= 15 is 0 Å². The number of sulfonamides is 1. The molecule has 1 aliphatic heterocycles. The summed E-state index contributed by atoms with van der Waals surface area (Å²) in [5.41, 5.74) is 0.539. The SMILES string of the molecule is CCN(c1ccc2c(c1)OCCO2)S(=O)(=O)c1ccc(OC)cc1. The van der Waals surface area contributed by atoms with E-state index in [-0.39, 0.29) is 4.90 Å². The van der Waals surface area contributed by atoms with Crippen molar-refractivity contribution in [3.8, 4) is 17.2 Å². The topological polar surface area (TPSA) is 65.1 Å².